The first-order valence-corrected chi connectivity index (χ1v) is 11.1. The summed E-state index contributed by atoms with van der Waals surface area (Å²) >= 11 is 2.36. The van der Waals surface area contributed by atoms with E-state index in [4.69, 9.17) is 0 Å². The fourth-order valence-electron chi connectivity index (χ4n) is 3.10. The van der Waals surface area contributed by atoms with Crippen molar-refractivity contribution in [2.75, 3.05) is 11.1 Å². The Balaban J connectivity index is 1.65. The summed E-state index contributed by atoms with van der Waals surface area (Å²) in [4.78, 5) is 30.1. The van der Waals surface area contributed by atoms with Crippen molar-refractivity contribution in [3.05, 3.63) is 81.2 Å². The maximum Gasteiger partial charge on any atom is 0.276 e. The Kier molecular flexibility index (Phi) is 5.69. The van der Waals surface area contributed by atoms with E-state index < -0.39 is 5.82 Å². The number of aryl methyl sites for hydroxylation is 2. The van der Waals surface area contributed by atoms with E-state index in [0.717, 1.165) is 28.6 Å². The lowest BCUT2D eigenvalue weighted by molar-refractivity contribution is -0.113. The van der Waals surface area contributed by atoms with E-state index in [9.17, 15) is 14.0 Å². The van der Waals surface area contributed by atoms with Crippen molar-refractivity contribution in [3.8, 4) is 5.69 Å². The van der Waals surface area contributed by atoms with Gasteiger partial charge in [-0.15, -0.1) is 11.3 Å². The summed E-state index contributed by atoms with van der Waals surface area (Å²) in [6, 6.07) is 13.6. The number of anilines is 1. The van der Waals surface area contributed by atoms with Gasteiger partial charge < -0.3 is 5.32 Å². The summed E-state index contributed by atoms with van der Waals surface area (Å²) < 4.78 is 16.1. The van der Waals surface area contributed by atoms with Crippen molar-refractivity contribution < 1.29 is 9.18 Å². The van der Waals surface area contributed by atoms with Crippen molar-refractivity contribution in [1.82, 2.24) is 9.55 Å². The van der Waals surface area contributed by atoms with Gasteiger partial charge in [0.25, 0.3) is 5.56 Å². The molecule has 2 heterocycles. The summed E-state index contributed by atoms with van der Waals surface area (Å²) in [7, 11) is 0. The predicted octanol–water partition coefficient (Wildman–Crippen LogP) is 4.93. The number of para-hydroxylation sites is 1. The minimum absolute atomic E-state index is 0.0316. The van der Waals surface area contributed by atoms with E-state index in [0.29, 0.717) is 10.2 Å². The molecule has 0 spiro atoms. The molecule has 0 radical (unpaired) electrons. The van der Waals surface area contributed by atoms with Crippen LogP contribution in [0.2, 0.25) is 0 Å². The van der Waals surface area contributed by atoms with Crippen LogP contribution in [0.3, 0.4) is 0 Å². The predicted molar refractivity (Wildman–Crippen MR) is 120 cm³/mol. The van der Waals surface area contributed by atoms with Crippen LogP contribution < -0.4 is 10.9 Å². The number of nitrogens with one attached hydrogen (secondary N) is 1. The van der Waals surface area contributed by atoms with Gasteiger partial charge in [-0.3, -0.25) is 14.2 Å². The number of hydrogen-bond acceptors (Lipinski definition) is 5. The zero-order valence-electron chi connectivity index (χ0n) is 16.3. The van der Waals surface area contributed by atoms with Crippen molar-refractivity contribution in [2.45, 2.75) is 19.0 Å². The van der Waals surface area contributed by atoms with Crippen LogP contribution in [0.5, 0.6) is 0 Å². The molecule has 0 unspecified atom stereocenters. The number of rotatable bonds is 5. The second-order valence-corrected chi connectivity index (χ2v) is 8.64. The molecule has 152 valence electrons. The topological polar surface area (TPSA) is 64.0 Å². The molecule has 0 saturated carbocycles. The van der Waals surface area contributed by atoms with Crippen molar-refractivity contribution >= 4 is 44.9 Å². The molecule has 0 fully saturated rings. The molecule has 4 aromatic rings. The lowest BCUT2D eigenvalue weighted by Gasteiger charge is -2.13. The molecular formula is C22H18FN3O2S2. The molecule has 4 rings (SSSR count). The van der Waals surface area contributed by atoms with Gasteiger partial charge in [0.1, 0.15) is 10.5 Å². The number of carbonyl (C=O) groups excluding carboxylic acids is 1. The third-order valence-electron chi connectivity index (χ3n) is 4.53. The van der Waals surface area contributed by atoms with Gasteiger partial charge in [0.05, 0.1) is 17.0 Å². The van der Waals surface area contributed by atoms with Gasteiger partial charge >= 0.3 is 0 Å². The van der Waals surface area contributed by atoms with Gasteiger partial charge in [0.2, 0.25) is 5.91 Å². The zero-order chi connectivity index (χ0) is 21.3. The third kappa shape index (κ3) is 4.01. The lowest BCUT2D eigenvalue weighted by atomic mass is 10.1. The van der Waals surface area contributed by atoms with E-state index in [1.165, 1.54) is 28.0 Å². The normalized spacial score (nSPS) is 11.0. The highest BCUT2D eigenvalue weighted by molar-refractivity contribution is 7.99. The monoisotopic (exact) mass is 439 g/mol. The summed E-state index contributed by atoms with van der Waals surface area (Å²) in [6.45, 7) is 3.92. The molecule has 2 aromatic heterocycles. The fourth-order valence-corrected chi connectivity index (χ4v) is 4.67. The molecule has 0 aliphatic carbocycles. The van der Waals surface area contributed by atoms with Gasteiger partial charge in [-0.05, 0) is 49.1 Å². The number of halogens is 1. The first-order chi connectivity index (χ1) is 14.4. The van der Waals surface area contributed by atoms with E-state index in [2.05, 4.69) is 10.3 Å². The average Bonchev–Trinajstić information content (AvgIpc) is 3.18. The quantitative estimate of drug-likeness (QED) is 0.354. The molecule has 30 heavy (non-hydrogen) atoms. The molecule has 1 N–H and O–H groups in total. The van der Waals surface area contributed by atoms with Crippen LogP contribution in [0, 0.1) is 19.7 Å². The highest BCUT2D eigenvalue weighted by Crippen LogP contribution is 2.25. The van der Waals surface area contributed by atoms with Crippen molar-refractivity contribution in [1.29, 1.82) is 0 Å². The van der Waals surface area contributed by atoms with Crippen molar-refractivity contribution in [2.24, 2.45) is 0 Å². The molecule has 8 heteroatoms. The molecule has 0 saturated heterocycles. The lowest BCUT2D eigenvalue weighted by Crippen LogP contribution is -2.23. The Hall–Kier alpha value is -2.97. The number of carbonyl (C=O) groups is 1. The largest absolute Gasteiger partial charge is 0.325 e. The smallest absolute Gasteiger partial charge is 0.276 e. The highest BCUT2D eigenvalue weighted by atomic mass is 32.2. The van der Waals surface area contributed by atoms with Crippen LogP contribution in [-0.4, -0.2) is 21.2 Å². The number of fused-ring (bicyclic) bond motifs is 1. The number of hydrogen-bond donors (Lipinski definition) is 1. The SMILES string of the molecule is Cc1ccc(NC(=O)CSc2nc3ccsc3c(=O)n2-c2ccccc2F)c(C)c1. The number of aromatic nitrogens is 2. The molecule has 2 aromatic carbocycles. The second-order valence-electron chi connectivity index (χ2n) is 6.78. The standard InChI is InChI=1S/C22H18FN3O2S2/c1-13-7-8-16(14(2)11-13)24-19(27)12-30-22-25-17-9-10-29-20(17)21(28)26(22)18-6-4-3-5-15(18)23/h3-11H,12H2,1-2H3,(H,24,27). The maximum absolute atomic E-state index is 14.5. The van der Waals surface area contributed by atoms with Gasteiger partial charge in [-0.2, -0.15) is 0 Å². The highest BCUT2D eigenvalue weighted by Gasteiger charge is 2.18. The van der Waals surface area contributed by atoms with E-state index in [1.807, 2.05) is 32.0 Å². The third-order valence-corrected chi connectivity index (χ3v) is 6.36. The Morgan fingerprint density at radius 2 is 2.00 bits per heavy atom. The van der Waals surface area contributed by atoms with Crippen LogP contribution in [0.25, 0.3) is 15.9 Å². The molecule has 5 nitrogen and oxygen atoms in total. The zero-order valence-corrected chi connectivity index (χ0v) is 17.9. The Bertz CT molecular complexity index is 1310. The minimum atomic E-state index is -0.529. The molecule has 0 bridgehead atoms. The number of amides is 1. The summed E-state index contributed by atoms with van der Waals surface area (Å²) in [6.07, 6.45) is 0. The van der Waals surface area contributed by atoms with E-state index in [-0.39, 0.29) is 28.1 Å². The first-order valence-electron chi connectivity index (χ1n) is 9.19. The molecule has 0 atom stereocenters. The number of thiophene rings is 1. The number of thioether (sulfide) groups is 1. The average molecular weight is 440 g/mol. The van der Waals surface area contributed by atoms with Crippen LogP contribution in [0.15, 0.2) is 63.9 Å². The Morgan fingerprint density at radius 1 is 1.20 bits per heavy atom. The van der Waals surface area contributed by atoms with Gasteiger partial charge in [-0.25, -0.2) is 9.37 Å². The first kappa shape index (κ1) is 20.3. The number of nitrogens with zero attached hydrogens (tertiary/aromatic N) is 2. The molecule has 1 amide bonds. The van der Waals surface area contributed by atoms with E-state index >= 15 is 0 Å². The minimum Gasteiger partial charge on any atom is -0.325 e. The second kappa shape index (κ2) is 8.41. The van der Waals surface area contributed by atoms with Gasteiger partial charge in [0, 0.05) is 5.69 Å². The van der Waals surface area contributed by atoms with Crippen LogP contribution in [0.1, 0.15) is 11.1 Å². The summed E-state index contributed by atoms with van der Waals surface area (Å²) in [5, 5.41) is 4.92. The van der Waals surface area contributed by atoms with Crippen molar-refractivity contribution in [3.63, 3.8) is 0 Å². The molecular weight excluding hydrogens is 421 g/mol. The van der Waals surface area contributed by atoms with Crippen LogP contribution in [0.4, 0.5) is 10.1 Å². The number of benzene rings is 2. The van der Waals surface area contributed by atoms with Crippen LogP contribution in [-0.2, 0) is 4.79 Å². The van der Waals surface area contributed by atoms with Gasteiger partial charge in [0.15, 0.2) is 5.16 Å². The molecule has 0 aliphatic rings. The van der Waals surface area contributed by atoms with Crippen LogP contribution >= 0.6 is 23.1 Å². The van der Waals surface area contributed by atoms with Gasteiger partial charge in [-0.1, -0.05) is 41.6 Å². The van der Waals surface area contributed by atoms with E-state index in [1.54, 1.807) is 23.6 Å². The molecule has 0 aliphatic heterocycles. The Morgan fingerprint density at radius 3 is 2.77 bits per heavy atom. The maximum atomic E-state index is 14.5. The Labute approximate surface area is 180 Å². The summed E-state index contributed by atoms with van der Waals surface area (Å²) in [5.74, 6) is -0.727. The summed E-state index contributed by atoms with van der Waals surface area (Å²) in [5.41, 5.74) is 3.12. The fraction of sp³-hybridized carbons (Fsp3) is 0.136.